The van der Waals surface area contributed by atoms with E-state index in [2.05, 4.69) is 41.8 Å². The quantitative estimate of drug-likeness (QED) is 0.419. The molecule has 2 aromatic carbocycles. The molecule has 4 nitrogen and oxygen atoms in total. The third kappa shape index (κ3) is 6.04. The molecule has 6 heteroatoms. The van der Waals surface area contributed by atoms with Gasteiger partial charge in [-0.1, -0.05) is 30.3 Å². The molecular formula is C20H24N2O2S2. The summed E-state index contributed by atoms with van der Waals surface area (Å²) in [6, 6.07) is 13.8. The van der Waals surface area contributed by atoms with E-state index in [-0.39, 0.29) is 5.97 Å². The van der Waals surface area contributed by atoms with Crippen LogP contribution < -0.4 is 10.6 Å². The molecule has 0 amide bonds. The average molecular weight is 389 g/mol. The zero-order chi connectivity index (χ0) is 18.9. The molecule has 0 aliphatic rings. The molecule has 0 aromatic heterocycles. The molecule has 0 saturated heterocycles. The SMILES string of the molecule is COC(=O)c1ccc(C)c(NC(=S)NCCSCc2ccccc2C)c1. The molecule has 2 rings (SSSR count). The molecule has 0 unspecified atom stereocenters. The maximum absolute atomic E-state index is 11.6. The van der Waals surface area contributed by atoms with E-state index in [9.17, 15) is 4.79 Å². The van der Waals surface area contributed by atoms with Crippen LogP contribution >= 0.6 is 24.0 Å². The van der Waals surface area contributed by atoms with Gasteiger partial charge in [-0.05, 0) is 54.9 Å². The molecule has 2 N–H and O–H groups in total. The van der Waals surface area contributed by atoms with Gasteiger partial charge in [0.15, 0.2) is 5.11 Å². The van der Waals surface area contributed by atoms with Crippen molar-refractivity contribution in [2.75, 3.05) is 24.7 Å². The summed E-state index contributed by atoms with van der Waals surface area (Å²) in [4.78, 5) is 11.6. The molecular weight excluding hydrogens is 364 g/mol. The van der Waals surface area contributed by atoms with E-state index in [1.54, 1.807) is 12.1 Å². The molecule has 0 radical (unpaired) electrons. The lowest BCUT2D eigenvalue weighted by Gasteiger charge is -2.13. The van der Waals surface area contributed by atoms with E-state index in [4.69, 9.17) is 17.0 Å². The molecule has 0 spiro atoms. The van der Waals surface area contributed by atoms with Crippen LogP contribution in [0.2, 0.25) is 0 Å². The van der Waals surface area contributed by atoms with E-state index in [0.717, 1.165) is 29.3 Å². The summed E-state index contributed by atoms with van der Waals surface area (Å²) in [6.07, 6.45) is 0. The standard InChI is InChI=1S/C20H24N2O2S2/c1-14-6-4-5-7-17(14)13-26-11-10-21-20(25)22-18-12-16(19(23)24-3)9-8-15(18)2/h4-9,12H,10-11,13H2,1-3H3,(H2,21,22,25). The summed E-state index contributed by atoms with van der Waals surface area (Å²) in [7, 11) is 1.37. The fraction of sp³-hybridized carbons (Fsp3) is 0.300. The number of nitrogens with one attached hydrogen (secondary N) is 2. The van der Waals surface area contributed by atoms with Gasteiger partial charge in [0.2, 0.25) is 0 Å². The van der Waals surface area contributed by atoms with E-state index in [1.807, 2.05) is 24.8 Å². The first-order valence-electron chi connectivity index (χ1n) is 8.37. The molecule has 0 fully saturated rings. The Labute approximate surface area is 164 Å². The Morgan fingerprint density at radius 2 is 1.92 bits per heavy atom. The van der Waals surface area contributed by atoms with Crippen LogP contribution in [0.3, 0.4) is 0 Å². The summed E-state index contributed by atoms with van der Waals surface area (Å²) < 4.78 is 4.75. The smallest absolute Gasteiger partial charge is 0.337 e. The number of carbonyl (C=O) groups excluding carboxylic acids is 1. The van der Waals surface area contributed by atoms with Gasteiger partial charge >= 0.3 is 5.97 Å². The number of hydrogen-bond acceptors (Lipinski definition) is 4. The van der Waals surface area contributed by atoms with Gasteiger partial charge < -0.3 is 15.4 Å². The molecule has 138 valence electrons. The van der Waals surface area contributed by atoms with Crippen molar-refractivity contribution in [3.05, 3.63) is 64.7 Å². The Morgan fingerprint density at radius 3 is 2.65 bits per heavy atom. The van der Waals surface area contributed by atoms with E-state index >= 15 is 0 Å². The number of hydrogen-bond donors (Lipinski definition) is 2. The summed E-state index contributed by atoms with van der Waals surface area (Å²) in [6.45, 7) is 4.88. The first kappa shape index (κ1) is 20.3. The fourth-order valence-electron chi connectivity index (χ4n) is 2.36. The van der Waals surface area contributed by atoms with Crippen LogP contribution in [0, 0.1) is 13.8 Å². The van der Waals surface area contributed by atoms with Gasteiger partial charge in [-0.3, -0.25) is 0 Å². The number of anilines is 1. The summed E-state index contributed by atoms with van der Waals surface area (Å²) in [5.41, 5.74) is 5.01. The number of esters is 1. The second kappa shape index (κ2) is 10.2. The first-order valence-corrected chi connectivity index (χ1v) is 9.93. The Bertz CT molecular complexity index is 778. The zero-order valence-electron chi connectivity index (χ0n) is 15.3. The third-order valence-electron chi connectivity index (χ3n) is 3.96. The van der Waals surface area contributed by atoms with Gasteiger partial charge in [0.1, 0.15) is 0 Å². The number of rotatable bonds is 7. The van der Waals surface area contributed by atoms with E-state index in [0.29, 0.717) is 10.7 Å². The zero-order valence-corrected chi connectivity index (χ0v) is 16.9. The minimum atomic E-state index is -0.362. The topological polar surface area (TPSA) is 50.4 Å². The minimum Gasteiger partial charge on any atom is -0.465 e. The monoisotopic (exact) mass is 388 g/mol. The molecule has 26 heavy (non-hydrogen) atoms. The second-order valence-corrected chi connectivity index (χ2v) is 7.39. The van der Waals surface area contributed by atoms with Crippen LogP contribution in [-0.2, 0) is 10.5 Å². The largest absolute Gasteiger partial charge is 0.465 e. The van der Waals surface area contributed by atoms with Crippen molar-refractivity contribution in [3.8, 4) is 0 Å². The lowest BCUT2D eigenvalue weighted by Crippen LogP contribution is -2.30. The number of benzene rings is 2. The van der Waals surface area contributed by atoms with Crippen LogP contribution in [-0.4, -0.2) is 30.5 Å². The number of carbonyl (C=O) groups is 1. The van der Waals surface area contributed by atoms with E-state index < -0.39 is 0 Å². The van der Waals surface area contributed by atoms with Crippen LogP contribution in [0.5, 0.6) is 0 Å². The molecule has 0 heterocycles. The fourth-order valence-corrected chi connectivity index (χ4v) is 3.51. The highest BCUT2D eigenvalue weighted by Gasteiger charge is 2.09. The van der Waals surface area contributed by atoms with Gasteiger partial charge in [-0.25, -0.2) is 4.79 Å². The van der Waals surface area contributed by atoms with Crippen molar-refractivity contribution < 1.29 is 9.53 Å². The predicted octanol–water partition coefficient (Wildman–Crippen LogP) is 4.31. The Hall–Kier alpha value is -2.05. The lowest BCUT2D eigenvalue weighted by molar-refractivity contribution is 0.0601. The normalized spacial score (nSPS) is 10.3. The summed E-state index contributed by atoms with van der Waals surface area (Å²) in [5.74, 6) is 1.59. The number of ether oxygens (including phenoxy) is 1. The summed E-state index contributed by atoms with van der Waals surface area (Å²) in [5, 5.41) is 6.90. The lowest BCUT2D eigenvalue weighted by atomic mass is 10.1. The maximum Gasteiger partial charge on any atom is 0.337 e. The number of thiocarbonyl (C=S) groups is 1. The number of methoxy groups -OCH3 is 1. The van der Waals surface area contributed by atoms with Crippen LogP contribution in [0.4, 0.5) is 5.69 Å². The minimum absolute atomic E-state index is 0.362. The maximum atomic E-state index is 11.6. The summed E-state index contributed by atoms with van der Waals surface area (Å²) >= 11 is 7.22. The number of aryl methyl sites for hydroxylation is 2. The van der Waals surface area contributed by atoms with Gasteiger partial charge in [-0.2, -0.15) is 11.8 Å². The van der Waals surface area contributed by atoms with Gasteiger partial charge in [0, 0.05) is 23.7 Å². The van der Waals surface area contributed by atoms with Crippen molar-refractivity contribution in [1.29, 1.82) is 0 Å². The Kier molecular flexibility index (Phi) is 7.94. The molecule has 0 aliphatic carbocycles. The van der Waals surface area contributed by atoms with Crippen LogP contribution in [0.15, 0.2) is 42.5 Å². The average Bonchev–Trinajstić information content (AvgIpc) is 2.64. The Balaban J connectivity index is 1.77. The van der Waals surface area contributed by atoms with Gasteiger partial charge in [0.05, 0.1) is 12.7 Å². The second-order valence-electron chi connectivity index (χ2n) is 5.88. The van der Waals surface area contributed by atoms with Crippen molar-refractivity contribution >= 4 is 40.7 Å². The van der Waals surface area contributed by atoms with Crippen molar-refractivity contribution in [1.82, 2.24) is 5.32 Å². The molecule has 0 bridgehead atoms. The first-order chi connectivity index (χ1) is 12.5. The van der Waals surface area contributed by atoms with Crippen molar-refractivity contribution in [2.24, 2.45) is 0 Å². The van der Waals surface area contributed by atoms with Crippen molar-refractivity contribution in [2.45, 2.75) is 19.6 Å². The third-order valence-corrected chi connectivity index (χ3v) is 5.21. The molecule has 0 saturated carbocycles. The van der Waals surface area contributed by atoms with E-state index in [1.165, 1.54) is 18.2 Å². The van der Waals surface area contributed by atoms with Crippen LogP contribution in [0.1, 0.15) is 27.0 Å². The highest BCUT2D eigenvalue weighted by Crippen LogP contribution is 2.18. The predicted molar refractivity (Wildman–Crippen MR) is 114 cm³/mol. The highest BCUT2D eigenvalue weighted by molar-refractivity contribution is 7.98. The van der Waals surface area contributed by atoms with Crippen LogP contribution in [0.25, 0.3) is 0 Å². The van der Waals surface area contributed by atoms with Crippen molar-refractivity contribution in [3.63, 3.8) is 0 Å². The van der Waals surface area contributed by atoms with Gasteiger partial charge in [-0.15, -0.1) is 0 Å². The molecule has 0 aliphatic heterocycles. The molecule has 2 aromatic rings. The highest BCUT2D eigenvalue weighted by atomic mass is 32.2. The number of thioether (sulfide) groups is 1. The van der Waals surface area contributed by atoms with Gasteiger partial charge in [0.25, 0.3) is 0 Å². The molecule has 0 atom stereocenters. The Morgan fingerprint density at radius 1 is 1.15 bits per heavy atom.